The highest BCUT2D eigenvalue weighted by molar-refractivity contribution is 6.04. The molecule has 142 valence electrons. The molecule has 5 heteroatoms. The number of amides is 1. The zero-order valence-electron chi connectivity index (χ0n) is 16.1. The van der Waals surface area contributed by atoms with Gasteiger partial charge in [-0.15, -0.1) is 0 Å². The number of rotatable bonds is 5. The maximum atomic E-state index is 13.0. The van der Waals surface area contributed by atoms with Gasteiger partial charge in [0.25, 0.3) is 5.91 Å². The first kappa shape index (κ1) is 19.1. The lowest BCUT2D eigenvalue weighted by Gasteiger charge is -2.59. The van der Waals surface area contributed by atoms with Crippen molar-refractivity contribution in [1.82, 2.24) is 5.32 Å². The van der Waals surface area contributed by atoms with Crippen molar-refractivity contribution < 1.29 is 19.4 Å². The first-order chi connectivity index (χ1) is 12.7. The van der Waals surface area contributed by atoms with Crippen LogP contribution in [0.4, 0.5) is 0 Å². The summed E-state index contributed by atoms with van der Waals surface area (Å²) in [6.45, 7) is 6.21. The Labute approximate surface area is 159 Å². The van der Waals surface area contributed by atoms with E-state index in [0.29, 0.717) is 16.7 Å². The van der Waals surface area contributed by atoms with E-state index in [1.54, 1.807) is 55.6 Å². The minimum atomic E-state index is -1.02. The molecule has 2 N–H and O–H groups in total. The highest BCUT2D eigenvalue weighted by Gasteiger charge is 2.58. The molecule has 0 aromatic heterocycles. The minimum absolute atomic E-state index is 0.0160. The second kappa shape index (κ2) is 6.82. The van der Waals surface area contributed by atoms with E-state index in [2.05, 4.69) is 19.2 Å². The van der Waals surface area contributed by atoms with Crippen molar-refractivity contribution in [2.45, 2.75) is 38.8 Å². The summed E-state index contributed by atoms with van der Waals surface area (Å²) in [6.07, 6.45) is 0.732. The third-order valence-corrected chi connectivity index (χ3v) is 6.20. The van der Waals surface area contributed by atoms with E-state index in [9.17, 15) is 14.7 Å². The molecule has 0 bridgehead atoms. The van der Waals surface area contributed by atoms with Gasteiger partial charge in [-0.05, 0) is 36.6 Å². The molecule has 1 saturated carbocycles. The molecule has 2 aromatic rings. The molecule has 0 spiro atoms. The normalized spacial score (nSPS) is 23.3. The number of hydrogen-bond acceptors (Lipinski definition) is 3. The molecule has 0 aliphatic heterocycles. The lowest BCUT2D eigenvalue weighted by atomic mass is 9.56. The van der Waals surface area contributed by atoms with E-state index in [4.69, 9.17) is 4.74 Å². The van der Waals surface area contributed by atoms with Gasteiger partial charge in [0.05, 0.1) is 11.2 Å². The van der Waals surface area contributed by atoms with Crippen molar-refractivity contribution >= 4 is 11.9 Å². The van der Waals surface area contributed by atoms with Crippen LogP contribution in [0.25, 0.3) is 11.1 Å². The fourth-order valence-electron chi connectivity index (χ4n) is 3.78. The summed E-state index contributed by atoms with van der Waals surface area (Å²) >= 11 is 0. The average Bonchev–Trinajstić information content (AvgIpc) is 2.67. The van der Waals surface area contributed by atoms with E-state index in [1.165, 1.54) is 0 Å². The molecule has 1 amide bonds. The number of carbonyl (C=O) groups is 2. The van der Waals surface area contributed by atoms with Gasteiger partial charge in [0.2, 0.25) is 0 Å². The van der Waals surface area contributed by atoms with Crippen LogP contribution in [-0.2, 0) is 4.74 Å². The molecular weight excluding hydrogens is 342 g/mol. The van der Waals surface area contributed by atoms with Crippen LogP contribution in [0, 0.1) is 5.41 Å². The van der Waals surface area contributed by atoms with Crippen molar-refractivity contribution in [2.24, 2.45) is 5.41 Å². The third kappa shape index (κ3) is 3.12. The minimum Gasteiger partial charge on any atom is -0.478 e. The molecule has 5 nitrogen and oxygen atoms in total. The van der Waals surface area contributed by atoms with Gasteiger partial charge in [-0.1, -0.05) is 50.2 Å². The predicted molar refractivity (Wildman–Crippen MR) is 104 cm³/mol. The maximum Gasteiger partial charge on any atom is 0.336 e. The number of carbonyl (C=O) groups excluding carboxylic acids is 1. The lowest BCUT2D eigenvalue weighted by molar-refractivity contribution is -0.177. The zero-order valence-corrected chi connectivity index (χ0v) is 16.1. The number of carboxylic acid groups (broad SMARTS) is 1. The molecule has 2 unspecified atom stereocenters. The largest absolute Gasteiger partial charge is 0.478 e. The Bertz CT molecular complexity index is 889. The molecule has 2 atom stereocenters. The van der Waals surface area contributed by atoms with Crippen LogP contribution in [0.2, 0.25) is 0 Å². The number of hydrogen-bond donors (Lipinski definition) is 2. The van der Waals surface area contributed by atoms with Gasteiger partial charge in [0, 0.05) is 24.1 Å². The number of carboxylic acids is 1. The van der Waals surface area contributed by atoms with Crippen molar-refractivity contribution in [3.05, 3.63) is 59.7 Å². The fourth-order valence-corrected chi connectivity index (χ4v) is 3.78. The van der Waals surface area contributed by atoms with Gasteiger partial charge in [0.15, 0.2) is 0 Å². The molecule has 27 heavy (non-hydrogen) atoms. The topological polar surface area (TPSA) is 75.6 Å². The van der Waals surface area contributed by atoms with E-state index >= 15 is 0 Å². The van der Waals surface area contributed by atoms with Crippen molar-refractivity contribution in [3.8, 4) is 11.1 Å². The van der Waals surface area contributed by atoms with Crippen LogP contribution in [-0.4, -0.2) is 35.7 Å². The van der Waals surface area contributed by atoms with Crippen LogP contribution in [0.5, 0.6) is 0 Å². The van der Waals surface area contributed by atoms with Crippen molar-refractivity contribution in [1.29, 1.82) is 0 Å². The average molecular weight is 367 g/mol. The lowest BCUT2D eigenvalue weighted by Crippen LogP contribution is -2.68. The molecule has 0 heterocycles. The molecule has 1 fully saturated rings. The molecule has 2 aromatic carbocycles. The van der Waals surface area contributed by atoms with Crippen LogP contribution in [0.3, 0.4) is 0 Å². The summed E-state index contributed by atoms with van der Waals surface area (Å²) in [7, 11) is 1.69. The monoisotopic (exact) mass is 367 g/mol. The molecule has 0 saturated heterocycles. The first-order valence-corrected chi connectivity index (χ1v) is 8.99. The van der Waals surface area contributed by atoms with Gasteiger partial charge in [0.1, 0.15) is 0 Å². The Morgan fingerprint density at radius 3 is 2.04 bits per heavy atom. The van der Waals surface area contributed by atoms with Crippen LogP contribution >= 0.6 is 0 Å². The summed E-state index contributed by atoms with van der Waals surface area (Å²) in [5.74, 6) is -1.22. The van der Waals surface area contributed by atoms with Gasteiger partial charge < -0.3 is 15.2 Å². The van der Waals surface area contributed by atoms with E-state index in [0.717, 1.165) is 6.42 Å². The van der Waals surface area contributed by atoms with Crippen LogP contribution < -0.4 is 5.32 Å². The van der Waals surface area contributed by atoms with Crippen LogP contribution in [0.15, 0.2) is 48.5 Å². The highest BCUT2D eigenvalue weighted by Crippen LogP contribution is 2.51. The Morgan fingerprint density at radius 2 is 1.52 bits per heavy atom. The SMILES string of the molecule is COC1(C)CC(NC(=O)c2ccccc2-c2ccccc2C(=O)O)C1(C)C. The Balaban J connectivity index is 1.92. The Kier molecular flexibility index (Phi) is 4.82. The molecular formula is C22H25NO4. The summed E-state index contributed by atoms with van der Waals surface area (Å²) in [5.41, 5.74) is 1.30. The van der Waals surface area contributed by atoms with E-state index in [1.807, 2.05) is 6.92 Å². The number of ether oxygens (including phenoxy) is 1. The van der Waals surface area contributed by atoms with Crippen molar-refractivity contribution in [2.75, 3.05) is 7.11 Å². The van der Waals surface area contributed by atoms with E-state index < -0.39 is 5.97 Å². The molecule has 1 aliphatic carbocycles. The number of methoxy groups -OCH3 is 1. The van der Waals surface area contributed by atoms with Gasteiger partial charge in [-0.25, -0.2) is 4.79 Å². The maximum absolute atomic E-state index is 13.0. The van der Waals surface area contributed by atoms with Gasteiger partial charge in [-0.2, -0.15) is 0 Å². The second-order valence-corrected chi connectivity index (χ2v) is 7.78. The summed E-state index contributed by atoms with van der Waals surface area (Å²) in [5, 5.41) is 12.6. The molecule has 0 radical (unpaired) electrons. The second-order valence-electron chi connectivity index (χ2n) is 7.78. The van der Waals surface area contributed by atoms with Crippen LogP contribution in [0.1, 0.15) is 47.9 Å². The first-order valence-electron chi connectivity index (χ1n) is 8.99. The summed E-state index contributed by atoms with van der Waals surface area (Å²) < 4.78 is 5.63. The van der Waals surface area contributed by atoms with Gasteiger partial charge >= 0.3 is 5.97 Å². The molecule has 1 aliphatic rings. The summed E-state index contributed by atoms with van der Waals surface area (Å²) in [4.78, 5) is 24.6. The Morgan fingerprint density at radius 1 is 1.00 bits per heavy atom. The zero-order chi connectivity index (χ0) is 19.8. The van der Waals surface area contributed by atoms with E-state index in [-0.39, 0.29) is 28.5 Å². The number of aromatic carboxylic acids is 1. The highest BCUT2D eigenvalue weighted by atomic mass is 16.5. The fraction of sp³-hybridized carbons (Fsp3) is 0.364. The third-order valence-electron chi connectivity index (χ3n) is 6.20. The predicted octanol–water partition coefficient (Wildman–Crippen LogP) is 3.99. The quantitative estimate of drug-likeness (QED) is 0.838. The van der Waals surface area contributed by atoms with Crippen molar-refractivity contribution in [3.63, 3.8) is 0 Å². The Hall–Kier alpha value is -2.66. The summed E-state index contributed by atoms with van der Waals surface area (Å²) in [6, 6.07) is 13.8. The van der Waals surface area contributed by atoms with Gasteiger partial charge in [-0.3, -0.25) is 4.79 Å². The molecule has 3 rings (SSSR count). The number of nitrogens with one attached hydrogen (secondary N) is 1. The number of benzene rings is 2. The smallest absolute Gasteiger partial charge is 0.336 e. The standard InChI is InChI=1S/C22H25NO4/c1-21(2)18(13-22(21,3)27-4)23-19(24)16-11-7-5-9-14(16)15-10-6-8-12-17(15)20(25)26/h5-12,18H,13H2,1-4H3,(H,23,24)(H,25,26).